The van der Waals surface area contributed by atoms with Gasteiger partial charge in [-0.2, -0.15) is 5.10 Å². The van der Waals surface area contributed by atoms with Gasteiger partial charge in [0.15, 0.2) is 0 Å². The lowest BCUT2D eigenvalue weighted by Crippen LogP contribution is -2.32. The Morgan fingerprint density at radius 2 is 1.40 bits per heavy atom. The van der Waals surface area contributed by atoms with Gasteiger partial charge >= 0.3 is 0 Å². The minimum atomic E-state index is -0.522. The van der Waals surface area contributed by atoms with Crippen molar-refractivity contribution >= 4 is 28.8 Å². The molecular weight excluding hydrogens is 498 g/mol. The van der Waals surface area contributed by atoms with Crippen LogP contribution in [0.25, 0.3) is 10.8 Å². The van der Waals surface area contributed by atoms with Crippen molar-refractivity contribution in [3.05, 3.63) is 150 Å². The Labute approximate surface area is 233 Å². The maximum absolute atomic E-state index is 13.0. The molecule has 0 bridgehead atoms. The average molecular weight is 528 g/mol. The number of nitrogens with zero attached hydrogens (tertiary/aromatic N) is 1. The molecule has 0 aromatic heterocycles. The zero-order chi connectivity index (χ0) is 27.6. The molecule has 2 N–H and O–H groups in total. The topological polar surface area (TPSA) is 79.8 Å². The molecule has 0 radical (unpaired) electrons. The summed E-state index contributed by atoms with van der Waals surface area (Å²) in [6.07, 6.45) is 1.63. The highest BCUT2D eigenvalue weighted by atomic mass is 16.5. The summed E-state index contributed by atoms with van der Waals surface area (Å²) in [5.41, 5.74) is 5.81. The number of hydrogen-bond acceptors (Lipinski definition) is 4. The molecule has 6 nitrogen and oxygen atoms in total. The van der Waals surface area contributed by atoms with Gasteiger partial charge in [0.25, 0.3) is 5.91 Å². The third-order valence-corrected chi connectivity index (χ3v) is 6.48. The highest BCUT2D eigenvalue weighted by Crippen LogP contribution is 2.27. The van der Waals surface area contributed by atoms with Crippen molar-refractivity contribution in [3.8, 4) is 5.75 Å². The number of carbonyl (C=O) groups is 2. The first kappa shape index (κ1) is 26.4. The lowest BCUT2D eigenvalue weighted by molar-refractivity contribution is -0.121. The van der Waals surface area contributed by atoms with Crippen molar-refractivity contribution in [3.63, 3.8) is 0 Å². The lowest BCUT2D eigenvalue weighted by Gasteiger charge is -2.18. The van der Waals surface area contributed by atoms with Crippen LogP contribution in [0.1, 0.15) is 39.5 Å². The van der Waals surface area contributed by atoms with E-state index in [4.69, 9.17) is 4.74 Å². The van der Waals surface area contributed by atoms with E-state index in [1.165, 1.54) is 0 Å². The summed E-state index contributed by atoms with van der Waals surface area (Å²) in [5.74, 6) is 0.0880. The highest BCUT2D eigenvalue weighted by molar-refractivity contribution is 6.02. The normalized spacial score (nSPS) is 11.7. The fraction of sp³-hybridized carbons (Fsp3) is 0.0882. The Hall–Kier alpha value is -5.23. The van der Waals surface area contributed by atoms with Crippen LogP contribution in [-0.4, -0.2) is 18.0 Å². The number of amides is 2. The number of benzene rings is 5. The van der Waals surface area contributed by atoms with Gasteiger partial charge in [0.1, 0.15) is 12.4 Å². The largest absolute Gasteiger partial charge is 0.488 e. The summed E-state index contributed by atoms with van der Waals surface area (Å²) in [6.45, 7) is 0.409. The van der Waals surface area contributed by atoms with Crippen LogP contribution in [0.5, 0.6) is 5.75 Å². The van der Waals surface area contributed by atoms with E-state index in [1.807, 2.05) is 103 Å². The SMILES string of the molecule is O=C(C[C@@H](NC(=O)c1ccccc1)c1ccccc1)N/N=C\c1c(OCc2ccccc2)ccc2ccccc12. The monoisotopic (exact) mass is 527 g/mol. The van der Waals surface area contributed by atoms with Crippen LogP contribution in [0.15, 0.2) is 132 Å². The Morgan fingerprint density at radius 1 is 0.750 bits per heavy atom. The van der Waals surface area contributed by atoms with Crippen molar-refractivity contribution in [1.29, 1.82) is 0 Å². The number of nitrogens with one attached hydrogen (secondary N) is 2. The van der Waals surface area contributed by atoms with E-state index >= 15 is 0 Å². The van der Waals surface area contributed by atoms with Gasteiger partial charge < -0.3 is 10.1 Å². The molecule has 0 aliphatic carbocycles. The van der Waals surface area contributed by atoms with Crippen LogP contribution >= 0.6 is 0 Å². The molecule has 0 aliphatic heterocycles. The number of ether oxygens (including phenoxy) is 1. The summed E-state index contributed by atoms with van der Waals surface area (Å²) in [5, 5.41) is 9.26. The fourth-order valence-corrected chi connectivity index (χ4v) is 4.44. The Morgan fingerprint density at radius 3 is 2.15 bits per heavy atom. The lowest BCUT2D eigenvalue weighted by atomic mass is 10.0. The molecule has 0 unspecified atom stereocenters. The Bertz CT molecular complexity index is 1600. The molecule has 0 fully saturated rings. The molecule has 2 amide bonds. The van der Waals surface area contributed by atoms with Crippen LogP contribution in [0.3, 0.4) is 0 Å². The van der Waals surface area contributed by atoms with Gasteiger partial charge in [0.2, 0.25) is 5.91 Å². The Balaban J connectivity index is 1.31. The maximum Gasteiger partial charge on any atom is 0.251 e. The van der Waals surface area contributed by atoms with Crippen molar-refractivity contribution in [2.24, 2.45) is 5.10 Å². The molecule has 5 aromatic carbocycles. The molecule has 40 heavy (non-hydrogen) atoms. The van der Waals surface area contributed by atoms with Crippen molar-refractivity contribution in [2.45, 2.75) is 19.1 Å². The second-order valence-corrected chi connectivity index (χ2v) is 9.27. The summed E-state index contributed by atoms with van der Waals surface area (Å²) in [4.78, 5) is 25.8. The van der Waals surface area contributed by atoms with Crippen molar-refractivity contribution in [2.75, 3.05) is 0 Å². The number of rotatable bonds is 10. The molecule has 6 heteroatoms. The maximum atomic E-state index is 13.0. The first-order valence-corrected chi connectivity index (χ1v) is 13.1. The minimum absolute atomic E-state index is 0.0207. The predicted molar refractivity (Wildman–Crippen MR) is 158 cm³/mol. The zero-order valence-electron chi connectivity index (χ0n) is 21.9. The van der Waals surface area contributed by atoms with E-state index in [9.17, 15) is 9.59 Å². The number of carbonyl (C=O) groups excluding carboxylic acids is 2. The van der Waals surface area contributed by atoms with E-state index in [1.54, 1.807) is 30.5 Å². The number of hydrogen-bond donors (Lipinski definition) is 2. The molecule has 0 aliphatic rings. The summed E-state index contributed by atoms with van der Waals surface area (Å²) >= 11 is 0. The predicted octanol–water partition coefficient (Wildman–Crippen LogP) is 6.43. The fourth-order valence-electron chi connectivity index (χ4n) is 4.44. The molecule has 0 saturated carbocycles. The minimum Gasteiger partial charge on any atom is -0.488 e. The molecule has 5 aromatic rings. The van der Waals surface area contributed by atoms with E-state index in [-0.39, 0.29) is 18.2 Å². The average Bonchev–Trinajstić information content (AvgIpc) is 3.01. The van der Waals surface area contributed by atoms with Crippen LogP contribution in [0.2, 0.25) is 0 Å². The quantitative estimate of drug-likeness (QED) is 0.162. The van der Waals surface area contributed by atoms with Gasteiger partial charge in [0, 0.05) is 11.1 Å². The highest BCUT2D eigenvalue weighted by Gasteiger charge is 2.19. The van der Waals surface area contributed by atoms with Gasteiger partial charge in [-0.3, -0.25) is 9.59 Å². The molecule has 0 spiro atoms. The second-order valence-electron chi connectivity index (χ2n) is 9.27. The molecular formula is C34H29N3O3. The standard InChI is InChI=1S/C34H29N3O3/c38-33(22-31(27-15-6-2-7-16-27)36-34(39)28-17-8-3-9-18-28)37-35-23-30-29-19-11-10-14-26(29)20-21-32(30)40-24-25-12-4-1-5-13-25/h1-21,23,31H,22,24H2,(H,36,39)(H,37,38)/b35-23-/t31-/m1/s1. The van der Waals surface area contributed by atoms with Crippen molar-refractivity contribution < 1.29 is 14.3 Å². The molecule has 0 heterocycles. The molecule has 1 atom stereocenters. The third-order valence-electron chi connectivity index (χ3n) is 6.48. The second kappa shape index (κ2) is 13.0. The summed E-state index contributed by atoms with van der Waals surface area (Å²) in [6, 6.07) is 39.7. The third kappa shape index (κ3) is 6.79. The summed E-state index contributed by atoms with van der Waals surface area (Å²) in [7, 11) is 0. The van der Waals surface area contributed by atoms with Gasteiger partial charge in [-0.15, -0.1) is 0 Å². The van der Waals surface area contributed by atoms with E-state index in [0.29, 0.717) is 17.9 Å². The van der Waals surface area contributed by atoms with Crippen molar-refractivity contribution in [1.82, 2.24) is 10.7 Å². The molecule has 5 rings (SSSR count). The molecule has 198 valence electrons. The molecule has 0 saturated heterocycles. The van der Waals surface area contributed by atoms with Crippen LogP contribution in [0.4, 0.5) is 0 Å². The van der Waals surface area contributed by atoms with Gasteiger partial charge in [-0.1, -0.05) is 109 Å². The Kier molecular flexibility index (Phi) is 8.59. The van der Waals surface area contributed by atoms with Crippen LogP contribution in [-0.2, 0) is 11.4 Å². The first-order valence-electron chi connectivity index (χ1n) is 13.1. The van der Waals surface area contributed by atoms with E-state index in [2.05, 4.69) is 15.8 Å². The van der Waals surface area contributed by atoms with Crippen LogP contribution in [0, 0.1) is 0 Å². The van der Waals surface area contributed by atoms with Crippen LogP contribution < -0.4 is 15.5 Å². The number of fused-ring (bicyclic) bond motifs is 1. The first-order chi connectivity index (χ1) is 19.7. The van der Waals surface area contributed by atoms with Gasteiger partial charge in [0.05, 0.1) is 18.7 Å². The zero-order valence-corrected chi connectivity index (χ0v) is 21.9. The summed E-state index contributed by atoms with van der Waals surface area (Å²) < 4.78 is 6.15. The van der Waals surface area contributed by atoms with E-state index in [0.717, 1.165) is 27.5 Å². The number of hydrazone groups is 1. The van der Waals surface area contributed by atoms with Gasteiger partial charge in [-0.25, -0.2) is 5.43 Å². The van der Waals surface area contributed by atoms with E-state index < -0.39 is 6.04 Å². The smallest absolute Gasteiger partial charge is 0.251 e. The van der Waals surface area contributed by atoms with Gasteiger partial charge in [-0.05, 0) is 40.1 Å².